The molecule has 3 N–H and O–H groups in total. The van der Waals surface area contributed by atoms with Crippen LogP contribution in [0.3, 0.4) is 0 Å². The van der Waals surface area contributed by atoms with Crippen molar-refractivity contribution in [3.63, 3.8) is 0 Å². The van der Waals surface area contributed by atoms with E-state index < -0.39 is 0 Å². The van der Waals surface area contributed by atoms with E-state index in [0.717, 1.165) is 6.42 Å². The number of carbonyl (C=O) groups is 1. The Hall–Kier alpha value is -0.650. The van der Waals surface area contributed by atoms with Crippen molar-refractivity contribution >= 4 is 5.91 Å². The molecule has 0 rings (SSSR count). The van der Waals surface area contributed by atoms with Crippen molar-refractivity contribution in [2.45, 2.75) is 19.4 Å². The third kappa shape index (κ3) is 6.82. The summed E-state index contributed by atoms with van der Waals surface area (Å²) in [6.45, 7) is 3.44. The minimum absolute atomic E-state index is 0.0496. The maximum atomic E-state index is 11.2. The fraction of sp³-hybridized carbons (Fsp3) is 0.889. The first kappa shape index (κ1) is 13.4. The van der Waals surface area contributed by atoms with Crippen LogP contribution in [-0.2, 0) is 14.3 Å². The molecule has 0 heterocycles. The Morgan fingerprint density at radius 1 is 1.50 bits per heavy atom. The number of hydrogen-bond donors (Lipinski definition) is 2. The molecular weight excluding hydrogens is 184 g/mol. The van der Waals surface area contributed by atoms with Crippen LogP contribution in [0.1, 0.15) is 13.3 Å². The molecule has 14 heavy (non-hydrogen) atoms. The Morgan fingerprint density at radius 2 is 2.21 bits per heavy atom. The number of carbonyl (C=O) groups excluding carboxylic acids is 1. The summed E-state index contributed by atoms with van der Waals surface area (Å²) in [5, 5.41) is 2.76. The van der Waals surface area contributed by atoms with Crippen LogP contribution in [0, 0.1) is 0 Å². The molecule has 0 aliphatic heterocycles. The molecule has 5 nitrogen and oxygen atoms in total. The van der Waals surface area contributed by atoms with Gasteiger partial charge in [0.05, 0.1) is 13.2 Å². The molecule has 0 fully saturated rings. The minimum Gasteiger partial charge on any atom is -0.382 e. The maximum absolute atomic E-state index is 11.2. The highest BCUT2D eigenvalue weighted by molar-refractivity contribution is 5.77. The van der Waals surface area contributed by atoms with Gasteiger partial charge in [-0.3, -0.25) is 4.79 Å². The monoisotopic (exact) mass is 204 g/mol. The Balaban J connectivity index is 3.44. The van der Waals surface area contributed by atoms with E-state index >= 15 is 0 Å². The first-order valence-corrected chi connectivity index (χ1v) is 4.80. The predicted octanol–water partition coefficient (Wildman–Crippen LogP) is -0.497. The first-order chi connectivity index (χ1) is 6.74. The summed E-state index contributed by atoms with van der Waals surface area (Å²) in [6, 6.07) is 0.0496. The van der Waals surface area contributed by atoms with Gasteiger partial charge in [-0.05, 0) is 6.42 Å². The van der Waals surface area contributed by atoms with Crippen LogP contribution in [0.15, 0.2) is 0 Å². The highest BCUT2D eigenvalue weighted by Crippen LogP contribution is 1.87. The summed E-state index contributed by atoms with van der Waals surface area (Å²) in [5.74, 6) is -0.126. The minimum atomic E-state index is -0.126. The lowest BCUT2D eigenvalue weighted by Crippen LogP contribution is -2.41. The topological polar surface area (TPSA) is 73.6 Å². The van der Waals surface area contributed by atoms with Crippen molar-refractivity contribution in [1.82, 2.24) is 5.32 Å². The molecule has 0 aromatic heterocycles. The lowest BCUT2D eigenvalue weighted by molar-refractivity contribution is -0.126. The lowest BCUT2D eigenvalue weighted by atomic mass is 10.2. The van der Waals surface area contributed by atoms with Crippen molar-refractivity contribution in [3.05, 3.63) is 0 Å². The van der Waals surface area contributed by atoms with Crippen LogP contribution in [0.4, 0.5) is 0 Å². The van der Waals surface area contributed by atoms with Crippen LogP contribution in [0.2, 0.25) is 0 Å². The lowest BCUT2D eigenvalue weighted by Gasteiger charge is -2.14. The normalized spacial score (nSPS) is 12.5. The van der Waals surface area contributed by atoms with Gasteiger partial charge in [-0.15, -0.1) is 0 Å². The van der Waals surface area contributed by atoms with Gasteiger partial charge in [0, 0.05) is 19.7 Å². The summed E-state index contributed by atoms with van der Waals surface area (Å²) < 4.78 is 9.82. The van der Waals surface area contributed by atoms with Crippen molar-refractivity contribution < 1.29 is 14.3 Å². The fourth-order valence-electron chi connectivity index (χ4n) is 0.904. The molecule has 0 saturated carbocycles. The van der Waals surface area contributed by atoms with Gasteiger partial charge in [0.1, 0.15) is 6.61 Å². The van der Waals surface area contributed by atoms with Gasteiger partial charge in [0.15, 0.2) is 0 Å². The van der Waals surface area contributed by atoms with Crippen LogP contribution >= 0.6 is 0 Å². The first-order valence-electron chi connectivity index (χ1n) is 4.80. The number of methoxy groups -OCH3 is 1. The zero-order valence-corrected chi connectivity index (χ0v) is 8.91. The smallest absolute Gasteiger partial charge is 0.246 e. The second-order valence-corrected chi connectivity index (χ2v) is 2.95. The highest BCUT2D eigenvalue weighted by atomic mass is 16.5. The van der Waals surface area contributed by atoms with Gasteiger partial charge in [0.25, 0.3) is 0 Å². The summed E-state index contributed by atoms with van der Waals surface area (Å²) in [6.07, 6.45) is 0.834. The third-order valence-corrected chi connectivity index (χ3v) is 1.81. The van der Waals surface area contributed by atoms with E-state index in [-0.39, 0.29) is 18.6 Å². The molecule has 0 aliphatic carbocycles. The summed E-state index contributed by atoms with van der Waals surface area (Å²) in [7, 11) is 1.59. The number of ether oxygens (including phenoxy) is 2. The zero-order chi connectivity index (χ0) is 10.8. The summed E-state index contributed by atoms with van der Waals surface area (Å²) in [5.41, 5.74) is 5.43. The third-order valence-electron chi connectivity index (χ3n) is 1.81. The molecule has 1 atom stereocenters. The molecule has 0 aromatic rings. The van der Waals surface area contributed by atoms with E-state index in [1.165, 1.54) is 0 Å². The van der Waals surface area contributed by atoms with Gasteiger partial charge >= 0.3 is 0 Å². The second-order valence-electron chi connectivity index (χ2n) is 2.95. The van der Waals surface area contributed by atoms with Gasteiger partial charge in [-0.25, -0.2) is 0 Å². The molecule has 0 radical (unpaired) electrons. The Bertz CT molecular complexity index is 149. The molecule has 1 amide bonds. The average molecular weight is 204 g/mol. The van der Waals surface area contributed by atoms with Crippen LogP contribution < -0.4 is 11.1 Å². The molecule has 0 bridgehead atoms. The number of rotatable bonds is 8. The molecule has 0 saturated heterocycles. The quantitative estimate of drug-likeness (QED) is 0.523. The Labute approximate surface area is 84.9 Å². The van der Waals surface area contributed by atoms with E-state index in [4.69, 9.17) is 15.2 Å². The van der Waals surface area contributed by atoms with Crippen LogP contribution in [0.25, 0.3) is 0 Å². The molecule has 5 heteroatoms. The summed E-state index contributed by atoms with van der Waals surface area (Å²) in [4.78, 5) is 11.2. The van der Waals surface area contributed by atoms with E-state index in [2.05, 4.69) is 5.32 Å². The molecule has 0 spiro atoms. The molecule has 84 valence electrons. The number of amides is 1. The van der Waals surface area contributed by atoms with Crippen molar-refractivity contribution in [2.24, 2.45) is 5.73 Å². The number of nitrogens with one attached hydrogen (secondary N) is 1. The second kappa shape index (κ2) is 8.93. The number of nitrogens with two attached hydrogens (primary N) is 1. The zero-order valence-electron chi connectivity index (χ0n) is 8.91. The molecular formula is C9H20N2O3. The van der Waals surface area contributed by atoms with E-state index in [9.17, 15) is 4.79 Å². The largest absolute Gasteiger partial charge is 0.382 e. The van der Waals surface area contributed by atoms with Crippen molar-refractivity contribution in [2.75, 3.05) is 33.5 Å². The summed E-state index contributed by atoms with van der Waals surface area (Å²) >= 11 is 0. The molecule has 0 aliphatic rings. The van der Waals surface area contributed by atoms with Crippen LogP contribution in [-0.4, -0.2) is 45.4 Å². The van der Waals surface area contributed by atoms with Gasteiger partial charge in [-0.1, -0.05) is 6.92 Å². The number of hydrogen-bond acceptors (Lipinski definition) is 4. The van der Waals surface area contributed by atoms with Gasteiger partial charge in [-0.2, -0.15) is 0 Å². The van der Waals surface area contributed by atoms with Crippen molar-refractivity contribution in [1.29, 1.82) is 0 Å². The Morgan fingerprint density at radius 3 is 2.71 bits per heavy atom. The standard InChI is InChI=1S/C9H20N2O3/c1-3-8(6-10)11-9(12)7-14-5-4-13-2/h8H,3-7,10H2,1-2H3,(H,11,12). The van der Waals surface area contributed by atoms with E-state index in [1.54, 1.807) is 7.11 Å². The highest BCUT2D eigenvalue weighted by Gasteiger charge is 2.07. The van der Waals surface area contributed by atoms with E-state index in [1.807, 2.05) is 6.92 Å². The van der Waals surface area contributed by atoms with Gasteiger partial charge in [0.2, 0.25) is 5.91 Å². The fourth-order valence-corrected chi connectivity index (χ4v) is 0.904. The molecule has 1 unspecified atom stereocenters. The van der Waals surface area contributed by atoms with E-state index in [0.29, 0.717) is 19.8 Å². The SMILES string of the molecule is CCC(CN)NC(=O)COCCOC. The Kier molecular flexibility index (Phi) is 8.51. The maximum Gasteiger partial charge on any atom is 0.246 e. The predicted molar refractivity (Wildman–Crippen MR) is 54.0 cm³/mol. The van der Waals surface area contributed by atoms with Crippen molar-refractivity contribution in [3.8, 4) is 0 Å². The average Bonchev–Trinajstić information content (AvgIpc) is 2.21. The van der Waals surface area contributed by atoms with Crippen LogP contribution in [0.5, 0.6) is 0 Å². The van der Waals surface area contributed by atoms with Gasteiger partial charge < -0.3 is 20.5 Å². The molecule has 0 aromatic carbocycles.